The summed E-state index contributed by atoms with van der Waals surface area (Å²) in [4.78, 5) is 19.6. The van der Waals surface area contributed by atoms with Gasteiger partial charge in [-0.2, -0.15) is 0 Å². The Kier molecular flexibility index (Phi) is 2.78. The summed E-state index contributed by atoms with van der Waals surface area (Å²) in [5, 5.41) is 8.95. The van der Waals surface area contributed by atoms with Gasteiger partial charge >= 0.3 is 5.97 Å². The average Bonchev–Trinajstić information content (AvgIpc) is 3.20. The lowest BCUT2D eigenvalue weighted by Gasteiger charge is -2.03. The molecule has 4 heteroatoms. The second kappa shape index (κ2) is 4.46. The Hall–Kier alpha value is -2.23. The predicted octanol–water partition coefficient (Wildman–Crippen LogP) is 2.64. The summed E-state index contributed by atoms with van der Waals surface area (Å²) < 4.78 is 0. The molecule has 0 bridgehead atoms. The van der Waals surface area contributed by atoms with Gasteiger partial charge in [0.1, 0.15) is 5.82 Å². The molecule has 19 heavy (non-hydrogen) atoms. The van der Waals surface area contributed by atoms with Crippen LogP contribution in [0.1, 0.15) is 23.7 Å². The third kappa shape index (κ3) is 2.34. The molecule has 1 N–H and O–H groups in total. The Morgan fingerprint density at radius 1 is 1.26 bits per heavy atom. The summed E-state index contributed by atoms with van der Waals surface area (Å²) in [5.74, 6) is -0.448. The minimum absolute atomic E-state index is 0.0251. The molecule has 2 unspecified atom stereocenters. The van der Waals surface area contributed by atoms with Crippen molar-refractivity contribution < 1.29 is 9.90 Å². The first-order chi connectivity index (χ1) is 9.15. The predicted molar refractivity (Wildman–Crippen MR) is 70.7 cm³/mol. The highest BCUT2D eigenvalue weighted by molar-refractivity contribution is 5.75. The van der Waals surface area contributed by atoms with Crippen molar-refractivity contribution in [1.29, 1.82) is 0 Å². The van der Waals surface area contributed by atoms with Crippen LogP contribution in [-0.4, -0.2) is 21.0 Å². The molecule has 1 aromatic carbocycles. The smallest absolute Gasteiger partial charge is 0.307 e. The van der Waals surface area contributed by atoms with E-state index in [-0.39, 0.29) is 11.8 Å². The van der Waals surface area contributed by atoms with Crippen LogP contribution in [0.25, 0.3) is 11.3 Å². The van der Waals surface area contributed by atoms with Gasteiger partial charge in [0.25, 0.3) is 0 Å². The van der Waals surface area contributed by atoms with Crippen LogP contribution in [-0.2, 0) is 4.79 Å². The van der Waals surface area contributed by atoms with E-state index >= 15 is 0 Å². The van der Waals surface area contributed by atoms with Crippen LogP contribution in [0.2, 0.25) is 0 Å². The van der Waals surface area contributed by atoms with Crippen LogP contribution in [0.3, 0.4) is 0 Å². The Bertz CT molecular complexity index is 622. The average molecular weight is 254 g/mol. The third-order valence-corrected chi connectivity index (χ3v) is 3.46. The number of benzene rings is 1. The summed E-state index contributed by atoms with van der Waals surface area (Å²) >= 11 is 0. The molecule has 0 amide bonds. The van der Waals surface area contributed by atoms with Crippen molar-refractivity contribution in [2.24, 2.45) is 5.92 Å². The Labute approximate surface area is 111 Å². The molecule has 4 nitrogen and oxygen atoms in total. The van der Waals surface area contributed by atoms with E-state index in [9.17, 15) is 4.79 Å². The van der Waals surface area contributed by atoms with E-state index in [0.717, 1.165) is 11.3 Å². The SMILES string of the molecule is Cc1ccc(-c2ccnc(C3CC3C(=O)O)n2)cc1. The van der Waals surface area contributed by atoms with Gasteiger partial charge < -0.3 is 5.11 Å². The fraction of sp³-hybridized carbons (Fsp3) is 0.267. The first-order valence-electron chi connectivity index (χ1n) is 6.28. The third-order valence-electron chi connectivity index (χ3n) is 3.46. The first kappa shape index (κ1) is 11.8. The van der Waals surface area contributed by atoms with Gasteiger partial charge in [-0.1, -0.05) is 29.8 Å². The number of aliphatic carboxylic acids is 1. The lowest BCUT2D eigenvalue weighted by atomic mass is 10.1. The Balaban J connectivity index is 1.88. The van der Waals surface area contributed by atoms with Crippen molar-refractivity contribution in [1.82, 2.24) is 9.97 Å². The van der Waals surface area contributed by atoms with Gasteiger partial charge in [-0.15, -0.1) is 0 Å². The Morgan fingerprint density at radius 3 is 2.63 bits per heavy atom. The lowest BCUT2D eigenvalue weighted by molar-refractivity contribution is -0.138. The van der Waals surface area contributed by atoms with E-state index in [0.29, 0.717) is 12.2 Å². The summed E-state index contributed by atoms with van der Waals surface area (Å²) in [6.45, 7) is 2.04. The van der Waals surface area contributed by atoms with Gasteiger partial charge in [0.2, 0.25) is 0 Å². The fourth-order valence-corrected chi connectivity index (χ4v) is 2.19. The zero-order chi connectivity index (χ0) is 13.4. The van der Waals surface area contributed by atoms with Crippen molar-refractivity contribution in [3.05, 3.63) is 47.9 Å². The minimum Gasteiger partial charge on any atom is -0.481 e. The normalized spacial score (nSPS) is 21.1. The molecule has 1 aliphatic carbocycles. The maximum Gasteiger partial charge on any atom is 0.307 e. The standard InChI is InChI=1S/C15H14N2O2/c1-9-2-4-10(5-3-9)13-6-7-16-14(17-13)11-8-12(11)15(18)19/h2-7,11-12H,8H2,1H3,(H,18,19). The first-order valence-corrected chi connectivity index (χ1v) is 6.28. The summed E-state index contributed by atoms with van der Waals surface area (Å²) in [7, 11) is 0. The van der Waals surface area contributed by atoms with E-state index in [2.05, 4.69) is 9.97 Å². The van der Waals surface area contributed by atoms with Crippen LogP contribution < -0.4 is 0 Å². The minimum atomic E-state index is -0.755. The topological polar surface area (TPSA) is 63.1 Å². The molecule has 3 rings (SSSR count). The summed E-state index contributed by atoms with van der Waals surface area (Å²) in [6, 6.07) is 9.96. The number of carbonyl (C=O) groups is 1. The number of hydrogen-bond donors (Lipinski definition) is 1. The van der Waals surface area contributed by atoms with Crippen LogP contribution in [0.15, 0.2) is 36.5 Å². The van der Waals surface area contributed by atoms with Crippen LogP contribution >= 0.6 is 0 Å². The highest BCUT2D eigenvalue weighted by Crippen LogP contribution is 2.46. The van der Waals surface area contributed by atoms with E-state index in [1.54, 1.807) is 6.20 Å². The lowest BCUT2D eigenvalue weighted by Crippen LogP contribution is -2.02. The van der Waals surface area contributed by atoms with Crippen molar-refractivity contribution in [2.75, 3.05) is 0 Å². The zero-order valence-corrected chi connectivity index (χ0v) is 10.6. The van der Waals surface area contributed by atoms with Crippen molar-refractivity contribution >= 4 is 5.97 Å². The number of carboxylic acids is 1. The largest absolute Gasteiger partial charge is 0.481 e. The summed E-state index contributed by atoms with van der Waals surface area (Å²) in [6.07, 6.45) is 2.35. The molecular formula is C15H14N2O2. The van der Waals surface area contributed by atoms with Crippen LogP contribution in [0, 0.1) is 12.8 Å². The van der Waals surface area contributed by atoms with Gasteiger partial charge in [0.05, 0.1) is 11.6 Å². The van der Waals surface area contributed by atoms with Crippen molar-refractivity contribution in [2.45, 2.75) is 19.3 Å². The van der Waals surface area contributed by atoms with E-state index in [1.165, 1.54) is 5.56 Å². The highest BCUT2D eigenvalue weighted by atomic mass is 16.4. The van der Waals surface area contributed by atoms with Crippen molar-refractivity contribution in [3.63, 3.8) is 0 Å². The number of aryl methyl sites for hydroxylation is 1. The van der Waals surface area contributed by atoms with Crippen LogP contribution in [0.4, 0.5) is 0 Å². The molecule has 0 saturated heterocycles. The molecule has 1 aromatic heterocycles. The second-order valence-corrected chi connectivity index (χ2v) is 4.95. The molecule has 2 aromatic rings. The van der Waals surface area contributed by atoms with Gasteiger partial charge in [0, 0.05) is 17.7 Å². The molecule has 1 aliphatic rings. The Morgan fingerprint density at radius 2 is 2.00 bits per heavy atom. The van der Waals surface area contributed by atoms with E-state index in [4.69, 9.17) is 5.11 Å². The number of carboxylic acid groups (broad SMARTS) is 1. The number of hydrogen-bond acceptors (Lipinski definition) is 3. The van der Waals surface area contributed by atoms with Crippen molar-refractivity contribution in [3.8, 4) is 11.3 Å². The molecule has 2 atom stereocenters. The highest BCUT2D eigenvalue weighted by Gasteiger charge is 2.46. The van der Waals surface area contributed by atoms with E-state index in [1.807, 2.05) is 37.3 Å². The van der Waals surface area contributed by atoms with Gasteiger partial charge in [-0.05, 0) is 19.4 Å². The molecule has 1 saturated carbocycles. The molecule has 96 valence electrons. The quantitative estimate of drug-likeness (QED) is 0.914. The van der Waals surface area contributed by atoms with Gasteiger partial charge in [-0.25, -0.2) is 9.97 Å². The van der Waals surface area contributed by atoms with Gasteiger partial charge in [0.15, 0.2) is 0 Å². The van der Waals surface area contributed by atoms with E-state index < -0.39 is 5.97 Å². The molecule has 0 aliphatic heterocycles. The van der Waals surface area contributed by atoms with Gasteiger partial charge in [-0.3, -0.25) is 4.79 Å². The molecular weight excluding hydrogens is 240 g/mol. The number of aromatic nitrogens is 2. The van der Waals surface area contributed by atoms with Crippen LogP contribution in [0.5, 0.6) is 0 Å². The maximum atomic E-state index is 10.9. The molecule has 0 spiro atoms. The molecule has 1 heterocycles. The second-order valence-electron chi connectivity index (χ2n) is 4.95. The molecule has 0 radical (unpaired) electrons. The summed E-state index contributed by atoms with van der Waals surface area (Å²) in [5.41, 5.74) is 3.08. The zero-order valence-electron chi connectivity index (χ0n) is 10.6. The maximum absolute atomic E-state index is 10.9. The fourth-order valence-electron chi connectivity index (χ4n) is 2.19. The number of rotatable bonds is 3. The number of nitrogens with zero attached hydrogens (tertiary/aromatic N) is 2. The monoisotopic (exact) mass is 254 g/mol. The molecule has 1 fully saturated rings.